The molecule has 34 heavy (non-hydrogen) atoms. The van der Waals surface area contributed by atoms with Crippen LogP contribution in [0.4, 0.5) is 5.69 Å². The van der Waals surface area contributed by atoms with Crippen molar-refractivity contribution in [2.24, 2.45) is 0 Å². The summed E-state index contributed by atoms with van der Waals surface area (Å²) in [4.78, 5) is 36.4. The molecule has 2 aromatic heterocycles. The van der Waals surface area contributed by atoms with Crippen LogP contribution in [0.1, 0.15) is 5.76 Å². The fraction of sp³-hybridized carbons (Fsp3) is 0.0417. The first-order valence-corrected chi connectivity index (χ1v) is 10.8. The lowest BCUT2D eigenvalue weighted by molar-refractivity contribution is -0.384. The minimum atomic E-state index is -0.614. The molecule has 0 spiro atoms. The van der Waals surface area contributed by atoms with E-state index in [1.165, 1.54) is 23.8 Å². The lowest BCUT2D eigenvalue weighted by Crippen LogP contribution is -2.33. The number of nitrogens with zero attached hydrogens (tertiary/aromatic N) is 3. The molecule has 168 valence electrons. The van der Waals surface area contributed by atoms with Crippen molar-refractivity contribution in [3.8, 4) is 23.1 Å². The van der Waals surface area contributed by atoms with Crippen molar-refractivity contribution in [1.82, 2.24) is 9.88 Å². The van der Waals surface area contributed by atoms with Gasteiger partial charge in [0.2, 0.25) is 0 Å². The monoisotopic (exact) mass is 472 g/mol. The van der Waals surface area contributed by atoms with Crippen LogP contribution in [-0.2, 0) is 4.79 Å². The first-order chi connectivity index (χ1) is 16.4. The van der Waals surface area contributed by atoms with Crippen LogP contribution in [-0.4, -0.2) is 22.4 Å². The van der Waals surface area contributed by atoms with Crippen LogP contribution < -0.4 is 20.1 Å². The van der Waals surface area contributed by atoms with Gasteiger partial charge in [-0.15, -0.1) is 11.3 Å². The van der Waals surface area contributed by atoms with E-state index in [0.29, 0.717) is 11.3 Å². The zero-order valence-electron chi connectivity index (χ0n) is 17.7. The molecule has 4 aromatic rings. The highest BCUT2D eigenvalue weighted by molar-refractivity contribution is 7.07. The molecule has 0 radical (unpaired) electrons. The van der Waals surface area contributed by atoms with Gasteiger partial charge in [0.15, 0.2) is 5.57 Å². The zero-order chi connectivity index (χ0) is 24.2. The maximum atomic E-state index is 13.3. The maximum Gasteiger partial charge on any atom is 0.280 e. The van der Waals surface area contributed by atoms with Crippen molar-refractivity contribution in [2.75, 3.05) is 7.05 Å². The van der Waals surface area contributed by atoms with Crippen molar-refractivity contribution < 1.29 is 14.1 Å². The van der Waals surface area contributed by atoms with Crippen molar-refractivity contribution in [2.45, 2.75) is 0 Å². The Kier molecular flexibility index (Phi) is 6.20. The van der Waals surface area contributed by atoms with Gasteiger partial charge in [-0.1, -0.05) is 30.3 Å². The standard InChI is InChI=1S/C24H16N4O5S/c1-26-22(29)18(14-25)24-27(15-7-3-2-4-8-15)23(30)21(34-24)13-16-11-12-20(33-16)17-9-5-6-10-19(17)28(31)32/h2-13H,1H3,(H,26,29)/b21-13+,24-18+. The van der Waals surface area contributed by atoms with E-state index < -0.39 is 16.4 Å². The number of nitriles is 1. The van der Waals surface area contributed by atoms with Gasteiger partial charge in [-0.25, -0.2) is 0 Å². The van der Waals surface area contributed by atoms with Crippen molar-refractivity contribution in [3.63, 3.8) is 0 Å². The third-order valence-corrected chi connectivity index (χ3v) is 5.98. The number of nitro benzene ring substituents is 1. The van der Waals surface area contributed by atoms with Crippen LogP contribution in [0, 0.1) is 21.4 Å². The van der Waals surface area contributed by atoms with E-state index in [2.05, 4.69) is 5.32 Å². The minimum Gasteiger partial charge on any atom is -0.456 e. The number of hydrogen-bond acceptors (Lipinski definition) is 7. The molecule has 1 N–H and O–H groups in total. The molecule has 0 aliphatic rings. The fourth-order valence-corrected chi connectivity index (χ4v) is 4.41. The summed E-state index contributed by atoms with van der Waals surface area (Å²) in [6, 6.07) is 19.9. The average molecular weight is 472 g/mol. The SMILES string of the molecule is CNC(=O)/C(C#N)=c1/s/c(=C/c2ccc(-c3ccccc3[N+](=O)[O-])o2)c(=O)n1-c1ccccc1. The quantitative estimate of drug-likeness (QED) is 0.350. The third-order valence-electron chi connectivity index (χ3n) is 4.88. The largest absolute Gasteiger partial charge is 0.456 e. The van der Waals surface area contributed by atoms with Gasteiger partial charge >= 0.3 is 0 Å². The number of aromatic nitrogens is 1. The Hall–Kier alpha value is -4.75. The molecule has 0 fully saturated rings. The number of nitrogens with one attached hydrogen (secondary N) is 1. The molecule has 2 heterocycles. The summed E-state index contributed by atoms with van der Waals surface area (Å²) in [6.07, 6.45) is 1.48. The smallest absolute Gasteiger partial charge is 0.280 e. The summed E-state index contributed by atoms with van der Waals surface area (Å²) in [6.45, 7) is 0. The van der Waals surface area contributed by atoms with Crippen LogP contribution in [0.25, 0.3) is 28.7 Å². The van der Waals surface area contributed by atoms with Crippen LogP contribution in [0.2, 0.25) is 0 Å². The molecule has 1 amide bonds. The molecular weight excluding hydrogens is 456 g/mol. The molecular formula is C24H16N4O5S. The van der Waals surface area contributed by atoms with Gasteiger partial charge in [-0.05, 0) is 30.3 Å². The van der Waals surface area contributed by atoms with Gasteiger partial charge in [-0.2, -0.15) is 5.26 Å². The van der Waals surface area contributed by atoms with E-state index in [-0.39, 0.29) is 32.0 Å². The number of furan rings is 1. The number of amides is 1. The van der Waals surface area contributed by atoms with Crippen LogP contribution in [0.5, 0.6) is 0 Å². The maximum absolute atomic E-state index is 13.3. The van der Waals surface area contributed by atoms with Gasteiger partial charge in [0.25, 0.3) is 17.2 Å². The Morgan fingerprint density at radius 2 is 1.85 bits per heavy atom. The summed E-state index contributed by atoms with van der Waals surface area (Å²) < 4.78 is 7.48. The number of rotatable bonds is 5. The Bertz CT molecular complexity index is 1620. The highest BCUT2D eigenvalue weighted by Gasteiger charge is 2.18. The number of hydrogen-bond donors (Lipinski definition) is 1. The topological polar surface area (TPSA) is 131 Å². The van der Waals surface area contributed by atoms with E-state index in [1.807, 2.05) is 6.07 Å². The Labute approximate surface area is 196 Å². The average Bonchev–Trinajstić information content (AvgIpc) is 3.45. The van der Waals surface area contributed by atoms with E-state index in [9.17, 15) is 25.0 Å². The lowest BCUT2D eigenvalue weighted by Gasteiger charge is -2.02. The third kappa shape index (κ3) is 4.15. The Morgan fingerprint density at radius 1 is 1.15 bits per heavy atom. The lowest BCUT2D eigenvalue weighted by atomic mass is 10.1. The molecule has 0 saturated heterocycles. The predicted octanol–water partition coefficient (Wildman–Crippen LogP) is 2.32. The van der Waals surface area contributed by atoms with Gasteiger partial charge in [0.05, 0.1) is 20.7 Å². The van der Waals surface area contributed by atoms with E-state index in [0.717, 1.165) is 11.3 Å². The molecule has 0 unspecified atom stereocenters. The van der Waals surface area contributed by atoms with Crippen molar-refractivity contribution in [3.05, 3.63) is 102 Å². The van der Waals surface area contributed by atoms with Gasteiger partial charge < -0.3 is 9.73 Å². The fourth-order valence-electron chi connectivity index (χ4n) is 3.33. The number of para-hydroxylation sites is 2. The molecule has 0 aliphatic heterocycles. The van der Waals surface area contributed by atoms with Crippen LogP contribution >= 0.6 is 11.3 Å². The second kappa shape index (κ2) is 9.40. The molecule has 9 nitrogen and oxygen atoms in total. The van der Waals surface area contributed by atoms with Gasteiger partial charge in [0.1, 0.15) is 22.3 Å². The van der Waals surface area contributed by atoms with E-state index >= 15 is 0 Å². The molecule has 2 aromatic carbocycles. The van der Waals surface area contributed by atoms with Gasteiger partial charge in [-0.3, -0.25) is 24.3 Å². The Morgan fingerprint density at radius 3 is 2.53 bits per heavy atom. The molecule has 0 aliphatic carbocycles. The molecule has 4 rings (SSSR count). The Balaban J connectivity index is 1.93. The summed E-state index contributed by atoms with van der Waals surface area (Å²) >= 11 is 0.972. The van der Waals surface area contributed by atoms with Gasteiger partial charge in [0, 0.05) is 19.2 Å². The minimum absolute atomic E-state index is 0.105. The van der Waals surface area contributed by atoms with E-state index in [1.54, 1.807) is 60.7 Å². The normalized spacial score (nSPS) is 12.2. The summed E-state index contributed by atoms with van der Waals surface area (Å²) in [5.41, 5.74) is 0.0576. The summed E-state index contributed by atoms with van der Waals surface area (Å²) in [7, 11) is 1.40. The molecule has 0 bridgehead atoms. The first-order valence-electron chi connectivity index (χ1n) is 9.93. The second-order valence-corrected chi connectivity index (χ2v) is 7.96. The second-order valence-electron chi connectivity index (χ2n) is 6.93. The number of thiazole rings is 1. The number of carbonyl (C=O) groups is 1. The predicted molar refractivity (Wildman–Crippen MR) is 127 cm³/mol. The first kappa shape index (κ1) is 22.4. The van der Waals surface area contributed by atoms with E-state index in [4.69, 9.17) is 4.42 Å². The number of nitro groups is 1. The highest BCUT2D eigenvalue weighted by atomic mass is 32.1. The number of carbonyl (C=O) groups excluding carboxylic acids is 1. The molecule has 0 atom stereocenters. The summed E-state index contributed by atoms with van der Waals surface area (Å²) in [5.74, 6) is -0.0540. The summed E-state index contributed by atoms with van der Waals surface area (Å²) in [5, 5.41) is 23.4. The van der Waals surface area contributed by atoms with Crippen LogP contribution in [0.15, 0.2) is 75.9 Å². The molecule has 10 heteroatoms. The van der Waals surface area contributed by atoms with Crippen molar-refractivity contribution in [1.29, 1.82) is 5.26 Å². The highest BCUT2D eigenvalue weighted by Crippen LogP contribution is 2.30. The van der Waals surface area contributed by atoms with Crippen molar-refractivity contribution >= 4 is 34.6 Å². The molecule has 0 saturated carbocycles. The number of benzene rings is 2. The van der Waals surface area contributed by atoms with Crippen LogP contribution in [0.3, 0.4) is 0 Å². The zero-order valence-corrected chi connectivity index (χ0v) is 18.5.